The van der Waals surface area contributed by atoms with Crippen LogP contribution in [-0.2, 0) is 52.5 Å². The molecular formula is C36H46N16Na4O21S6. The molecule has 0 spiro atoms. The van der Waals surface area contributed by atoms with Crippen molar-refractivity contribution >= 4 is 127 Å². The quantitative estimate of drug-likeness (QED) is 0.0266. The number of hydrogen-bond donors (Lipinski definition) is 4. The van der Waals surface area contributed by atoms with Crippen LogP contribution in [0.15, 0.2) is 63.5 Å². The van der Waals surface area contributed by atoms with E-state index < -0.39 is 81.3 Å². The number of nitrogens with one attached hydrogen (secondary N) is 2. The number of anilines is 2. The molecule has 20 N–H and O–H groups in total. The number of carbonyl (C=O) groups is 6. The Morgan fingerprint density at radius 3 is 1.23 bits per heavy atom. The van der Waals surface area contributed by atoms with E-state index in [1.807, 2.05) is 0 Å². The van der Waals surface area contributed by atoms with E-state index in [2.05, 4.69) is 51.1 Å². The Morgan fingerprint density at radius 1 is 0.627 bits per heavy atom. The molecule has 436 valence electrons. The number of amides is 4. The van der Waals surface area contributed by atoms with Gasteiger partial charge in [-0.2, -0.15) is 20.2 Å². The van der Waals surface area contributed by atoms with Crippen LogP contribution < -0.4 is 172 Å². The zero-order chi connectivity index (χ0) is 52.3. The van der Waals surface area contributed by atoms with E-state index in [0.717, 1.165) is 65.4 Å². The van der Waals surface area contributed by atoms with Gasteiger partial charge in [0.1, 0.15) is 48.4 Å². The number of β-lactam (4-membered cyclic amide) rings is 2. The second-order valence-corrected chi connectivity index (χ2v) is 20.3. The van der Waals surface area contributed by atoms with E-state index in [0.29, 0.717) is 11.1 Å². The van der Waals surface area contributed by atoms with Gasteiger partial charge in [0.25, 0.3) is 34.7 Å². The molecule has 2 unspecified atom stereocenters. The molecule has 83 heavy (non-hydrogen) atoms. The summed E-state index contributed by atoms with van der Waals surface area (Å²) in [5.41, 5.74) is 9.14. The molecule has 37 nitrogen and oxygen atoms in total. The Morgan fingerprint density at radius 2 is 0.952 bits per heavy atom. The number of aromatic nitrogens is 8. The number of hydrogen-bond acceptors (Lipinski definition) is 30. The number of fused-ring (bicyclic) bond motifs is 2. The van der Waals surface area contributed by atoms with Crippen LogP contribution in [0.5, 0.6) is 11.8 Å². The number of nitrogens with zero attached hydrogens (tertiary/aromatic N) is 12. The second-order valence-electron chi connectivity index (χ2n) is 14.4. The van der Waals surface area contributed by atoms with E-state index in [1.165, 1.54) is 62.6 Å². The van der Waals surface area contributed by atoms with Gasteiger partial charge in [0.2, 0.25) is 0 Å². The Balaban J connectivity index is -0.000000431. The minimum atomic E-state index is -1.57. The topological polar surface area (TPSA) is 662 Å². The van der Waals surface area contributed by atoms with Crippen LogP contribution in [0.1, 0.15) is 11.4 Å². The van der Waals surface area contributed by atoms with Gasteiger partial charge in [-0.05, 0) is 11.1 Å². The fourth-order valence-corrected chi connectivity index (χ4v) is 12.7. The normalized spacial score (nSPS) is 17.0. The number of aliphatic carboxylic acids is 2. The van der Waals surface area contributed by atoms with Crippen LogP contribution in [-0.4, -0.2) is 195 Å². The molecule has 4 aromatic heterocycles. The van der Waals surface area contributed by atoms with Crippen molar-refractivity contribution in [3.05, 3.63) is 65.4 Å². The number of thioether (sulfide) groups is 4. The molecule has 0 aliphatic carbocycles. The first-order valence-electron chi connectivity index (χ1n) is 19.8. The third-order valence-electron chi connectivity index (χ3n) is 9.93. The zero-order valence-electron chi connectivity index (χ0n) is 44.5. The molecule has 47 heteroatoms. The van der Waals surface area contributed by atoms with Crippen LogP contribution >= 0.6 is 69.7 Å². The number of nitrogens with two attached hydrogens (primary N) is 2. The van der Waals surface area contributed by atoms with Crippen molar-refractivity contribution in [1.82, 2.24) is 59.9 Å². The van der Waals surface area contributed by atoms with E-state index in [4.69, 9.17) is 21.1 Å². The fourth-order valence-electron chi connectivity index (χ4n) is 6.78. The minimum Gasteiger partial charge on any atom is -0.854 e. The summed E-state index contributed by atoms with van der Waals surface area (Å²) >= 11 is 6.61. The van der Waals surface area contributed by atoms with Crippen LogP contribution in [0.4, 0.5) is 10.3 Å². The minimum absolute atomic E-state index is 0. The van der Waals surface area contributed by atoms with Crippen LogP contribution in [0.25, 0.3) is 0 Å². The number of carbonyl (C=O) groups excluding carboxylic acids is 6. The molecule has 2 saturated heterocycles. The predicted octanol–water partition coefficient (Wildman–Crippen LogP) is -24.1. The van der Waals surface area contributed by atoms with E-state index in [-0.39, 0.29) is 234 Å². The molecule has 4 amide bonds. The van der Waals surface area contributed by atoms with Crippen molar-refractivity contribution in [3.63, 3.8) is 0 Å². The Kier molecular flexibility index (Phi) is 41.0. The third kappa shape index (κ3) is 19.7. The zero-order valence-corrected chi connectivity index (χ0v) is 57.4. The average Bonchev–Trinajstić information content (AvgIpc) is 3.98. The molecule has 8 heterocycles. The van der Waals surface area contributed by atoms with Crippen LogP contribution in [0.2, 0.25) is 0 Å². The largest absolute Gasteiger partial charge is 1.00 e. The smallest absolute Gasteiger partial charge is 0.854 e. The average molecular weight is 1320 g/mol. The Hall–Kier alpha value is -3.56. The van der Waals surface area contributed by atoms with Gasteiger partial charge in [-0.15, -0.1) is 46.2 Å². The first-order valence-corrected chi connectivity index (χ1v) is 25.6. The van der Waals surface area contributed by atoms with Gasteiger partial charge in [-0.1, -0.05) is 33.8 Å². The number of carboxylic acids is 2. The van der Waals surface area contributed by atoms with E-state index in [1.54, 1.807) is 0 Å². The molecule has 0 radical (unpaired) electrons. The number of nitrogen functional groups attached to an aromatic ring is 2. The fraction of sp³-hybridized carbons (Fsp3) is 0.333. The van der Waals surface area contributed by atoms with Gasteiger partial charge in [-0.25, -0.2) is 19.3 Å². The van der Waals surface area contributed by atoms with Gasteiger partial charge >= 0.3 is 118 Å². The molecule has 4 aromatic rings. The molecule has 4 atom stereocenters. The van der Waals surface area contributed by atoms with Crippen molar-refractivity contribution in [2.24, 2.45) is 24.4 Å². The molecule has 0 bridgehead atoms. The summed E-state index contributed by atoms with van der Waals surface area (Å²) < 4.78 is 2.23. The monoisotopic (exact) mass is 1320 g/mol. The first kappa shape index (κ1) is 88.2. The number of thiazole rings is 2. The number of carboxylic acid groups (broad SMARTS) is 2. The SMILES string of the molecule is CO/N=C(/C(=O)NC1C(=O)N2C(C(=O)[O-])=C(CSc3nc(=O)c([O-])nn3C)CS[C@H]12)c1csc(N)n1.CO/N=C(/C(=O)NC1C(=O)N2C(C(=O)[O-])=C(CSc3nc(=O)c([O-])nn3C)CS[C@H]12)c1csc(N)n1.O.O.O.O.O.O.O.[Na+].[Na+].[Na+].[Na+]. The van der Waals surface area contributed by atoms with Gasteiger partial charge in [0.15, 0.2) is 32.0 Å². The summed E-state index contributed by atoms with van der Waals surface area (Å²) in [6.07, 6.45) is 0. The van der Waals surface area contributed by atoms with Crippen molar-refractivity contribution < 1.29 is 215 Å². The third-order valence-corrected chi connectivity index (χ3v) is 16.2. The molecular weight excluding hydrogens is 1280 g/mol. The molecule has 0 aromatic carbocycles. The molecule has 8 rings (SSSR count). The summed E-state index contributed by atoms with van der Waals surface area (Å²) in [5.74, 6) is -7.48. The summed E-state index contributed by atoms with van der Waals surface area (Å²) in [6.45, 7) is 0. The predicted molar refractivity (Wildman–Crippen MR) is 274 cm³/mol. The maximum absolute atomic E-state index is 12.9. The summed E-state index contributed by atoms with van der Waals surface area (Å²) in [5, 5.41) is 68.2. The van der Waals surface area contributed by atoms with Crippen molar-refractivity contribution in [2.45, 2.75) is 33.1 Å². The van der Waals surface area contributed by atoms with Gasteiger partial charge < -0.3 is 100 Å². The van der Waals surface area contributed by atoms with Crippen LogP contribution in [0.3, 0.4) is 0 Å². The van der Waals surface area contributed by atoms with Gasteiger partial charge in [0.05, 0.1) is 35.1 Å². The van der Waals surface area contributed by atoms with Crippen molar-refractivity contribution in [3.8, 4) is 11.8 Å². The van der Waals surface area contributed by atoms with Gasteiger partial charge in [0, 0.05) is 47.9 Å². The number of oxime groups is 2. The molecule has 4 aliphatic rings. The van der Waals surface area contributed by atoms with Gasteiger partial charge in [-0.3, -0.25) is 38.6 Å². The number of aryl methyl sites for hydroxylation is 2. The van der Waals surface area contributed by atoms with Crippen molar-refractivity contribution in [2.75, 3.05) is 48.7 Å². The maximum atomic E-state index is 12.9. The summed E-state index contributed by atoms with van der Waals surface area (Å²) in [7, 11) is 5.32. The first-order chi connectivity index (χ1) is 34.2. The van der Waals surface area contributed by atoms with E-state index in [9.17, 15) is 58.8 Å². The number of rotatable bonds is 16. The van der Waals surface area contributed by atoms with E-state index >= 15 is 0 Å². The summed E-state index contributed by atoms with van der Waals surface area (Å²) in [6, 6.07) is -2.05. The molecule has 0 saturated carbocycles. The Bertz CT molecular complexity index is 2980. The summed E-state index contributed by atoms with van der Waals surface area (Å²) in [4.78, 5) is 125. The van der Waals surface area contributed by atoms with Crippen molar-refractivity contribution in [1.29, 1.82) is 0 Å². The second kappa shape index (κ2) is 38.6. The maximum Gasteiger partial charge on any atom is 1.00 e. The Labute approximate surface area is 579 Å². The molecule has 4 aliphatic heterocycles. The van der Waals surface area contributed by atoms with Crippen LogP contribution in [0, 0.1) is 0 Å². The molecule has 2 fully saturated rings. The standard InChI is InChI=1S/2C18H18N8O7S3.4Na.7H2O/c2*1-25-18(22-12(28)13(29)23-25)36-4-6-3-34-15-9(14(30)26(15)10(6)16(31)32)21-11(27)8(24-33-2)7-5-35-17(19)20-7;;;;;;;;;;;/h2*5,9,15H,3-4H2,1-2H3,(H2,19,20)(H,21,27)(H,23,29)(H,31,32);;;;;7*1H2/q;;4*+1;;;;;;;/p-4/b2*24-8+;;;;;;;;;;;/t2*9?,15-;;;;;;;;;;;/m11.........../s1.